The first-order chi connectivity index (χ1) is 15.5. The first-order valence-corrected chi connectivity index (χ1v) is 10.8. The summed E-state index contributed by atoms with van der Waals surface area (Å²) in [6.45, 7) is -0.381. The molecule has 3 aromatic rings. The van der Waals surface area contributed by atoms with E-state index in [1.807, 2.05) is 54.6 Å². The number of benzene rings is 3. The number of esters is 1. The zero-order chi connectivity index (χ0) is 22.8. The van der Waals surface area contributed by atoms with E-state index in [0.29, 0.717) is 17.0 Å². The van der Waals surface area contributed by atoms with Crippen molar-refractivity contribution >= 4 is 35.1 Å². The summed E-state index contributed by atoms with van der Waals surface area (Å²) in [4.78, 5) is 38.3. The van der Waals surface area contributed by atoms with Crippen molar-refractivity contribution in [2.24, 2.45) is 0 Å². The Morgan fingerprint density at radius 3 is 2.28 bits per heavy atom. The van der Waals surface area contributed by atoms with Gasteiger partial charge >= 0.3 is 5.97 Å². The topological polar surface area (TPSA) is 81.7 Å². The summed E-state index contributed by atoms with van der Waals surface area (Å²) in [5.74, 6) is -0.698. The Balaban J connectivity index is 1.39. The summed E-state index contributed by atoms with van der Waals surface area (Å²) in [7, 11) is 1.51. The van der Waals surface area contributed by atoms with E-state index in [0.717, 1.165) is 9.79 Å². The fourth-order valence-corrected chi connectivity index (χ4v) is 3.61. The molecule has 0 heterocycles. The number of carbonyl (C=O) groups is 3. The van der Waals surface area contributed by atoms with Crippen molar-refractivity contribution < 1.29 is 23.9 Å². The number of nitrogens with one attached hydrogen (secondary N) is 1. The van der Waals surface area contributed by atoms with Gasteiger partial charge in [-0.15, -0.1) is 0 Å². The molecule has 0 atom stereocenters. The highest BCUT2D eigenvalue weighted by molar-refractivity contribution is 7.99. The number of ketones is 1. The van der Waals surface area contributed by atoms with Crippen molar-refractivity contribution in [1.29, 1.82) is 0 Å². The van der Waals surface area contributed by atoms with E-state index < -0.39 is 5.97 Å². The number of ether oxygens (including phenoxy) is 2. The lowest BCUT2D eigenvalue weighted by Gasteiger charge is -2.07. The summed E-state index contributed by atoms with van der Waals surface area (Å²) < 4.78 is 10.1. The van der Waals surface area contributed by atoms with Crippen LogP contribution in [0, 0.1) is 0 Å². The van der Waals surface area contributed by atoms with Crippen molar-refractivity contribution in [3.8, 4) is 5.75 Å². The van der Waals surface area contributed by atoms with Crippen molar-refractivity contribution in [3.05, 3.63) is 84.4 Å². The Kier molecular flexibility index (Phi) is 8.45. The van der Waals surface area contributed by atoms with Crippen LogP contribution in [-0.2, 0) is 14.3 Å². The molecule has 1 amide bonds. The van der Waals surface area contributed by atoms with E-state index in [1.54, 1.807) is 36.0 Å². The highest BCUT2D eigenvalue weighted by atomic mass is 32.2. The van der Waals surface area contributed by atoms with Crippen molar-refractivity contribution in [2.45, 2.75) is 22.6 Å². The number of hydrogen-bond acceptors (Lipinski definition) is 6. The van der Waals surface area contributed by atoms with Gasteiger partial charge in [0.2, 0.25) is 5.91 Å². The van der Waals surface area contributed by atoms with E-state index in [9.17, 15) is 14.4 Å². The number of rotatable bonds is 10. The number of carbonyl (C=O) groups excluding carboxylic acids is 3. The molecule has 32 heavy (non-hydrogen) atoms. The van der Waals surface area contributed by atoms with Crippen LogP contribution >= 0.6 is 11.8 Å². The van der Waals surface area contributed by atoms with Crippen LogP contribution in [-0.4, -0.2) is 31.4 Å². The minimum atomic E-state index is -0.606. The van der Waals surface area contributed by atoms with E-state index >= 15 is 0 Å². The maximum Gasteiger partial charge on any atom is 0.306 e. The quantitative estimate of drug-likeness (QED) is 0.347. The molecule has 0 saturated heterocycles. The Bertz CT molecular complexity index is 1070. The zero-order valence-corrected chi connectivity index (χ0v) is 18.4. The number of hydrogen-bond donors (Lipinski definition) is 1. The second kappa shape index (κ2) is 11.7. The molecule has 0 saturated carbocycles. The normalized spacial score (nSPS) is 10.3. The molecule has 3 rings (SSSR count). The van der Waals surface area contributed by atoms with Crippen LogP contribution in [0.25, 0.3) is 0 Å². The van der Waals surface area contributed by atoms with Crippen molar-refractivity contribution in [2.75, 3.05) is 19.0 Å². The van der Waals surface area contributed by atoms with Gasteiger partial charge in [0.1, 0.15) is 5.75 Å². The van der Waals surface area contributed by atoms with Crippen molar-refractivity contribution in [3.63, 3.8) is 0 Å². The molecule has 0 unspecified atom stereocenters. The van der Waals surface area contributed by atoms with Gasteiger partial charge in [0, 0.05) is 27.5 Å². The van der Waals surface area contributed by atoms with Gasteiger partial charge < -0.3 is 14.8 Å². The summed E-state index contributed by atoms with van der Waals surface area (Å²) >= 11 is 1.63. The van der Waals surface area contributed by atoms with E-state index in [2.05, 4.69) is 5.32 Å². The summed E-state index contributed by atoms with van der Waals surface area (Å²) in [5, 5.41) is 2.75. The minimum absolute atomic E-state index is 0.0350. The Labute approximate surface area is 190 Å². The van der Waals surface area contributed by atoms with Crippen LogP contribution in [0.4, 0.5) is 5.69 Å². The predicted octanol–water partition coefficient (Wildman–Crippen LogP) is 4.99. The van der Waals surface area contributed by atoms with Crippen LogP contribution in [0.2, 0.25) is 0 Å². The Morgan fingerprint density at radius 2 is 1.56 bits per heavy atom. The lowest BCUT2D eigenvalue weighted by atomic mass is 10.1. The lowest BCUT2D eigenvalue weighted by molar-refractivity contribution is -0.143. The Morgan fingerprint density at radius 1 is 0.844 bits per heavy atom. The Hall–Kier alpha value is -3.58. The molecular weight excluding hydrogens is 426 g/mol. The summed E-state index contributed by atoms with van der Waals surface area (Å²) in [6.07, 6.45) is -0.147. The van der Waals surface area contributed by atoms with Crippen LogP contribution in [0.15, 0.2) is 88.7 Å². The number of anilines is 1. The third-order valence-electron chi connectivity index (χ3n) is 4.43. The highest BCUT2D eigenvalue weighted by Gasteiger charge is 2.13. The van der Waals surface area contributed by atoms with Gasteiger partial charge in [-0.05, 0) is 48.5 Å². The SMILES string of the molecule is COc1cccc(C(=O)COC(=O)CCC(=O)Nc2ccc(Sc3ccccc3)cc2)c1. The molecule has 0 aromatic heterocycles. The highest BCUT2D eigenvalue weighted by Crippen LogP contribution is 2.28. The molecule has 0 radical (unpaired) electrons. The fraction of sp³-hybridized carbons (Fsp3) is 0.160. The third kappa shape index (κ3) is 7.28. The van der Waals surface area contributed by atoms with Gasteiger partial charge in [0.25, 0.3) is 0 Å². The van der Waals surface area contributed by atoms with Gasteiger partial charge in [-0.25, -0.2) is 0 Å². The monoisotopic (exact) mass is 449 g/mol. The standard InChI is InChI=1S/C25H23NO5S/c1-30-20-7-5-6-18(16-20)23(27)17-31-25(29)15-14-24(28)26-19-10-12-22(13-11-19)32-21-8-3-2-4-9-21/h2-13,16H,14-15,17H2,1H3,(H,26,28). The molecule has 6 nitrogen and oxygen atoms in total. The van der Waals surface area contributed by atoms with E-state index in [-0.39, 0.29) is 31.1 Å². The lowest BCUT2D eigenvalue weighted by Crippen LogP contribution is -2.17. The minimum Gasteiger partial charge on any atom is -0.497 e. The van der Waals surface area contributed by atoms with Gasteiger partial charge in [0.15, 0.2) is 12.4 Å². The molecule has 164 valence electrons. The second-order valence-electron chi connectivity index (χ2n) is 6.80. The van der Waals surface area contributed by atoms with Gasteiger partial charge in [-0.1, -0.05) is 42.1 Å². The van der Waals surface area contributed by atoms with Crippen LogP contribution in [0.3, 0.4) is 0 Å². The molecule has 1 N–H and O–H groups in total. The number of Topliss-reactive ketones (excluding diaryl/α,β-unsaturated/α-hetero) is 1. The van der Waals surface area contributed by atoms with Gasteiger partial charge in [0.05, 0.1) is 13.5 Å². The van der Waals surface area contributed by atoms with Gasteiger partial charge in [-0.3, -0.25) is 14.4 Å². The van der Waals surface area contributed by atoms with E-state index in [4.69, 9.17) is 9.47 Å². The molecule has 0 spiro atoms. The molecule has 0 fully saturated rings. The average Bonchev–Trinajstić information content (AvgIpc) is 2.83. The molecule has 0 aliphatic carbocycles. The smallest absolute Gasteiger partial charge is 0.306 e. The number of amides is 1. The van der Waals surface area contributed by atoms with Gasteiger partial charge in [-0.2, -0.15) is 0 Å². The maximum atomic E-state index is 12.1. The zero-order valence-electron chi connectivity index (χ0n) is 17.6. The predicted molar refractivity (Wildman–Crippen MR) is 123 cm³/mol. The molecular formula is C25H23NO5S. The summed E-state index contributed by atoms with van der Waals surface area (Å²) in [6, 6.07) is 24.1. The molecule has 7 heteroatoms. The van der Waals surface area contributed by atoms with E-state index in [1.165, 1.54) is 7.11 Å². The number of methoxy groups -OCH3 is 1. The van der Waals surface area contributed by atoms with Crippen LogP contribution in [0.5, 0.6) is 5.75 Å². The molecule has 3 aromatic carbocycles. The fourth-order valence-electron chi connectivity index (χ4n) is 2.77. The second-order valence-corrected chi connectivity index (χ2v) is 7.95. The first-order valence-electron chi connectivity index (χ1n) is 9.99. The maximum absolute atomic E-state index is 12.1. The largest absolute Gasteiger partial charge is 0.497 e. The van der Waals surface area contributed by atoms with Crippen molar-refractivity contribution in [1.82, 2.24) is 0 Å². The van der Waals surface area contributed by atoms with Crippen LogP contribution < -0.4 is 10.1 Å². The molecule has 0 aliphatic heterocycles. The molecule has 0 bridgehead atoms. The average molecular weight is 450 g/mol. The first kappa shape index (κ1) is 23.1. The van der Waals surface area contributed by atoms with Crippen LogP contribution in [0.1, 0.15) is 23.2 Å². The third-order valence-corrected chi connectivity index (χ3v) is 5.44. The summed E-state index contributed by atoms with van der Waals surface area (Å²) in [5.41, 5.74) is 1.04. The molecule has 0 aliphatic rings.